The van der Waals surface area contributed by atoms with Gasteiger partial charge in [0.2, 0.25) is 0 Å². The minimum absolute atomic E-state index is 0.544. The van der Waals surface area contributed by atoms with Gasteiger partial charge in [0.25, 0.3) is 0 Å². The summed E-state index contributed by atoms with van der Waals surface area (Å²) >= 11 is 0. The summed E-state index contributed by atoms with van der Waals surface area (Å²) in [7, 11) is -0.544. The highest BCUT2D eigenvalue weighted by atomic mass is 31.1. The Morgan fingerprint density at radius 2 is 0.960 bits per heavy atom. The van der Waals surface area contributed by atoms with E-state index in [-0.39, 0.29) is 0 Å². The minimum Gasteiger partial charge on any atom is -0.0616 e. The zero-order valence-corrected chi connectivity index (χ0v) is 15.5. The molecule has 0 bridgehead atoms. The topological polar surface area (TPSA) is 0 Å². The summed E-state index contributed by atoms with van der Waals surface area (Å²) in [4.78, 5) is 0. The maximum absolute atomic E-state index is 2.36. The van der Waals surface area contributed by atoms with Crippen LogP contribution in [0.15, 0.2) is 91.0 Å². The van der Waals surface area contributed by atoms with E-state index < -0.39 is 7.92 Å². The van der Waals surface area contributed by atoms with Crippen LogP contribution in [0, 0.1) is 13.8 Å². The first-order valence-corrected chi connectivity index (χ1v) is 9.97. The molecule has 0 saturated heterocycles. The van der Waals surface area contributed by atoms with Crippen molar-refractivity contribution in [3.05, 3.63) is 102 Å². The van der Waals surface area contributed by atoms with Gasteiger partial charge in [-0.05, 0) is 54.5 Å². The molecular weight excluding hydrogens is 319 g/mol. The Morgan fingerprint density at radius 3 is 1.52 bits per heavy atom. The molecule has 0 fully saturated rings. The van der Waals surface area contributed by atoms with Gasteiger partial charge in [0.05, 0.1) is 0 Å². The normalized spacial score (nSPS) is 11.2. The van der Waals surface area contributed by atoms with Crippen molar-refractivity contribution < 1.29 is 0 Å². The van der Waals surface area contributed by atoms with E-state index in [1.54, 1.807) is 0 Å². The predicted molar refractivity (Wildman–Crippen MR) is 112 cm³/mol. The smallest absolute Gasteiger partial charge is 0.0134 e. The number of hydrogen-bond acceptors (Lipinski definition) is 0. The van der Waals surface area contributed by atoms with Crippen molar-refractivity contribution in [1.29, 1.82) is 0 Å². The van der Waals surface area contributed by atoms with Gasteiger partial charge in [-0.1, -0.05) is 96.1 Å². The fraction of sp³-hybridized carbons (Fsp3) is 0.0833. The summed E-state index contributed by atoms with van der Waals surface area (Å²) in [5, 5.41) is 6.82. The van der Waals surface area contributed by atoms with Crippen LogP contribution in [0.3, 0.4) is 0 Å². The molecule has 0 saturated carbocycles. The molecule has 1 heteroatoms. The van der Waals surface area contributed by atoms with E-state index in [2.05, 4.69) is 105 Å². The molecule has 0 N–H and O–H groups in total. The van der Waals surface area contributed by atoms with Crippen LogP contribution in [-0.4, -0.2) is 0 Å². The van der Waals surface area contributed by atoms with E-state index in [0.29, 0.717) is 0 Å². The van der Waals surface area contributed by atoms with Crippen molar-refractivity contribution in [1.82, 2.24) is 0 Å². The second-order valence-electron chi connectivity index (χ2n) is 6.54. The molecule has 0 unspecified atom stereocenters. The van der Waals surface area contributed by atoms with Crippen LogP contribution in [0.25, 0.3) is 10.8 Å². The first kappa shape index (κ1) is 16.1. The van der Waals surface area contributed by atoms with Crippen LogP contribution in [0.2, 0.25) is 0 Å². The van der Waals surface area contributed by atoms with Crippen LogP contribution < -0.4 is 15.9 Å². The summed E-state index contributed by atoms with van der Waals surface area (Å²) in [5.74, 6) is 0. The first-order valence-electron chi connectivity index (χ1n) is 8.63. The SMILES string of the molecule is Cc1ccc(P(c2ccc(C)cc2)c2ccc3ccccc3c2)cc1. The number of rotatable bonds is 3. The van der Waals surface area contributed by atoms with Gasteiger partial charge in [0.1, 0.15) is 0 Å². The Labute approximate surface area is 150 Å². The van der Waals surface area contributed by atoms with E-state index in [1.807, 2.05) is 0 Å². The van der Waals surface area contributed by atoms with Crippen molar-refractivity contribution in [2.45, 2.75) is 13.8 Å². The molecule has 0 aliphatic heterocycles. The van der Waals surface area contributed by atoms with Crippen molar-refractivity contribution in [3.8, 4) is 0 Å². The van der Waals surface area contributed by atoms with Gasteiger partial charge in [-0.15, -0.1) is 0 Å². The fourth-order valence-corrected chi connectivity index (χ4v) is 5.43. The molecule has 0 nitrogen and oxygen atoms in total. The van der Waals surface area contributed by atoms with Gasteiger partial charge in [0, 0.05) is 0 Å². The molecule has 0 aromatic heterocycles. The minimum atomic E-state index is -0.544. The molecule has 4 aromatic carbocycles. The highest BCUT2D eigenvalue weighted by molar-refractivity contribution is 7.79. The Morgan fingerprint density at radius 1 is 0.480 bits per heavy atom. The summed E-state index contributed by atoms with van der Waals surface area (Å²) in [6, 6.07) is 33.6. The highest BCUT2D eigenvalue weighted by Gasteiger charge is 2.16. The van der Waals surface area contributed by atoms with Gasteiger partial charge < -0.3 is 0 Å². The van der Waals surface area contributed by atoms with Crippen molar-refractivity contribution in [2.75, 3.05) is 0 Å². The standard InChI is InChI=1S/C24H21P/c1-18-7-12-22(13-8-18)25(23-14-9-19(2)10-15-23)24-16-11-20-5-3-4-6-21(20)17-24/h3-17H,1-2H3. The van der Waals surface area contributed by atoms with Gasteiger partial charge in [-0.2, -0.15) is 0 Å². The molecule has 0 spiro atoms. The number of benzene rings is 4. The Balaban J connectivity index is 1.88. The van der Waals surface area contributed by atoms with Crippen LogP contribution in [0.4, 0.5) is 0 Å². The molecule has 0 radical (unpaired) electrons. The molecule has 0 heterocycles. The predicted octanol–water partition coefficient (Wildman–Crippen LogP) is 5.21. The molecular formula is C24H21P. The Bertz CT molecular complexity index is 953. The maximum Gasteiger partial charge on any atom is -0.0134 e. The molecule has 0 amide bonds. The molecule has 4 aromatic rings. The first-order chi connectivity index (χ1) is 12.2. The lowest BCUT2D eigenvalue weighted by molar-refractivity contribution is 1.49. The summed E-state index contributed by atoms with van der Waals surface area (Å²) in [6.45, 7) is 4.29. The molecule has 0 aliphatic carbocycles. The second kappa shape index (κ2) is 6.82. The Kier molecular flexibility index (Phi) is 4.38. The summed E-state index contributed by atoms with van der Waals surface area (Å²) in [6.07, 6.45) is 0. The largest absolute Gasteiger partial charge is 0.0616 e. The van der Waals surface area contributed by atoms with Gasteiger partial charge in [-0.3, -0.25) is 0 Å². The third-order valence-corrected chi connectivity index (χ3v) is 7.00. The van der Waals surface area contributed by atoms with Gasteiger partial charge in [0.15, 0.2) is 0 Å². The highest BCUT2D eigenvalue weighted by Crippen LogP contribution is 2.34. The second-order valence-corrected chi connectivity index (χ2v) is 8.76. The lowest BCUT2D eigenvalue weighted by Gasteiger charge is -2.20. The molecule has 25 heavy (non-hydrogen) atoms. The van der Waals surface area contributed by atoms with E-state index in [0.717, 1.165) is 0 Å². The Hall–Kier alpha value is -2.43. The van der Waals surface area contributed by atoms with Crippen molar-refractivity contribution in [3.63, 3.8) is 0 Å². The summed E-state index contributed by atoms with van der Waals surface area (Å²) < 4.78 is 0. The van der Waals surface area contributed by atoms with E-state index in [4.69, 9.17) is 0 Å². The molecule has 0 aliphatic rings. The molecule has 4 rings (SSSR count). The third-order valence-electron chi connectivity index (χ3n) is 4.58. The molecule has 0 atom stereocenters. The average Bonchev–Trinajstić information content (AvgIpc) is 2.65. The molecule has 122 valence electrons. The average molecular weight is 340 g/mol. The number of fused-ring (bicyclic) bond motifs is 1. The van der Waals surface area contributed by atoms with Crippen LogP contribution in [0.5, 0.6) is 0 Å². The van der Waals surface area contributed by atoms with Gasteiger partial charge >= 0.3 is 0 Å². The van der Waals surface area contributed by atoms with Crippen molar-refractivity contribution in [2.24, 2.45) is 0 Å². The third kappa shape index (κ3) is 3.36. The van der Waals surface area contributed by atoms with Crippen LogP contribution in [0.1, 0.15) is 11.1 Å². The van der Waals surface area contributed by atoms with Crippen LogP contribution in [-0.2, 0) is 0 Å². The van der Waals surface area contributed by atoms with E-state index in [1.165, 1.54) is 37.8 Å². The quantitative estimate of drug-likeness (QED) is 0.449. The lowest BCUT2D eigenvalue weighted by atomic mass is 10.1. The monoisotopic (exact) mass is 340 g/mol. The zero-order valence-electron chi connectivity index (χ0n) is 14.6. The number of hydrogen-bond donors (Lipinski definition) is 0. The summed E-state index contributed by atoms with van der Waals surface area (Å²) in [5.41, 5.74) is 2.61. The lowest BCUT2D eigenvalue weighted by Crippen LogP contribution is -2.20. The van der Waals surface area contributed by atoms with Crippen LogP contribution >= 0.6 is 7.92 Å². The maximum atomic E-state index is 2.36. The van der Waals surface area contributed by atoms with E-state index in [9.17, 15) is 0 Å². The van der Waals surface area contributed by atoms with Gasteiger partial charge in [-0.25, -0.2) is 0 Å². The van der Waals surface area contributed by atoms with E-state index >= 15 is 0 Å². The fourth-order valence-electron chi connectivity index (χ4n) is 3.15. The van der Waals surface area contributed by atoms with Crippen molar-refractivity contribution >= 4 is 34.6 Å². The zero-order chi connectivity index (χ0) is 17.2. The number of aryl methyl sites for hydroxylation is 2.